The van der Waals surface area contributed by atoms with Gasteiger partial charge in [0.25, 0.3) is 0 Å². The smallest absolute Gasteiger partial charge is 0.224 e. The Bertz CT molecular complexity index is 595. The fraction of sp³-hybridized carbons (Fsp3) is 0.600. The highest BCUT2D eigenvalue weighted by Gasteiger charge is 2.35. The number of carbonyl (C=O) groups is 1. The highest BCUT2D eigenvalue weighted by molar-refractivity contribution is 14.0. The molecule has 1 aliphatic carbocycles. The maximum atomic E-state index is 11.5. The summed E-state index contributed by atoms with van der Waals surface area (Å²) in [6.07, 6.45) is 4.91. The van der Waals surface area contributed by atoms with E-state index in [0.717, 1.165) is 19.0 Å². The van der Waals surface area contributed by atoms with Gasteiger partial charge in [-0.1, -0.05) is 43.2 Å². The average molecular weight is 472 g/mol. The zero-order valence-corrected chi connectivity index (χ0v) is 18.5. The number of hydrogen-bond donors (Lipinski definition) is 3. The number of benzene rings is 1. The third-order valence-electron chi connectivity index (χ3n) is 5.18. The van der Waals surface area contributed by atoms with Crippen molar-refractivity contribution < 1.29 is 4.79 Å². The van der Waals surface area contributed by atoms with Crippen molar-refractivity contribution in [1.82, 2.24) is 10.6 Å². The molecule has 0 radical (unpaired) electrons. The molecule has 1 aliphatic rings. The van der Waals surface area contributed by atoms with E-state index in [1.54, 1.807) is 0 Å². The van der Waals surface area contributed by atoms with Crippen molar-refractivity contribution in [2.24, 2.45) is 16.1 Å². The van der Waals surface area contributed by atoms with E-state index in [-0.39, 0.29) is 35.3 Å². The lowest BCUT2D eigenvalue weighted by Crippen LogP contribution is -2.45. The summed E-state index contributed by atoms with van der Waals surface area (Å²) in [5, 5.41) is 6.77. The number of amides is 1. The third-order valence-corrected chi connectivity index (χ3v) is 5.18. The number of primary amides is 1. The summed E-state index contributed by atoms with van der Waals surface area (Å²) >= 11 is 0. The topological polar surface area (TPSA) is 79.5 Å². The lowest BCUT2D eigenvalue weighted by Gasteiger charge is -2.31. The van der Waals surface area contributed by atoms with E-state index in [9.17, 15) is 4.79 Å². The van der Waals surface area contributed by atoms with E-state index < -0.39 is 5.41 Å². The van der Waals surface area contributed by atoms with Crippen molar-refractivity contribution in [1.29, 1.82) is 0 Å². The van der Waals surface area contributed by atoms with Crippen LogP contribution in [0.3, 0.4) is 0 Å². The van der Waals surface area contributed by atoms with E-state index in [2.05, 4.69) is 46.0 Å². The van der Waals surface area contributed by atoms with Gasteiger partial charge in [0, 0.05) is 18.5 Å². The van der Waals surface area contributed by atoms with Gasteiger partial charge in [0.15, 0.2) is 5.96 Å². The van der Waals surface area contributed by atoms with Crippen molar-refractivity contribution in [3.8, 4) is 0 Å². The Kier molecular flexibility index (Phi) is 8.86. The van der Waals surface area contributed by atoms with E-state index in [4.69, 9.17) is 5.73 Å². The van der Waals surface area contributed by atoms with E-state index in [0.29, 0.717) is 6.54 Å². The Balaban J connectivity index is 0.00000338. The fourth-order valence-electron chi connectivity index (χ4n) is 3.36. The average Bonchev–Trinajstić information content (AvgIpc) is 3.08. The van der Waals surface area contributed by atoms with Crippen molar-refractivity contribution in [3.63, 3.8) is 0 Å². The summed E-state index contributed by atoms with van der Waals surface area (Å²) in [5.74, 6) is 0.419. The monoisotopic (exact) mass is 472 g/mol. The van der Waals surface area contributed by atoms with Gasteiger partial charge in [0.2, 0.25) is 5.91 Å². The van der Waals surface area contributed by atoms with Gasteiger partial charge in [-0.3, -0.25) is 9.79 Å². The Hall–Kier alpha value is -1.31. The van der Waals surface area contributed by atoms with Gasteiger partial charge in [-0.15, -0.1) is 24.0 Å². The first-order valence-corrected chi connectivity index (χ1v) is 9.27. The van der Waals surface area contributed by atoms with E-state index in [1.165, 1.54) is 31.2 Å². The van der Waals surface area contributed by atoms with Crippen LogP contribution in [0.5, 0.6) is 0 Å². The van der Waals surface area contributed by atoms with Crippen LogP contribution in [-0.2, 0) is 10.2 Å². The minimum Gasteiger partial charge on any atom is -0.369 e. The van der Waals surface area contributed by atoms with Crippen LogP contribution in [-0.4, -0.2) is 31.5 Å². The molecule has 1 amide bonds. The Morgan fingerprint density at radius 2 is 1.81 bits per heavy atom. The summed E-state index contributed by atoms with van der Waals surface area (Å²) < 4.78 is 0. The zero-order chi connectivity index (χ0) is 18.3. The summed E-state index contributed by atoms with van der Waals surface area (Å²) in [7, 11) is 0. The molecule has 0 saturated heterocycles. The zero-order valence-electron chi connectivity index (χ0n) is 16.2. The standard InChI is InChI=1S/C20H32N4O.HI/c1-4-22-18(23-14-19(2,3)17(21)25)24-15-20(12-8-9-13-20)16-10-6-5-7-11-16;/h5-7,10-11H,4,8-9,12-15H2,1-3H3,(H2,21,25)(H2,22,23,24);1H. The molecule has 1 fully saturated rings. The molecule has 0 bridgehead atoms. The molecule has 1 aromatic rings. The molecule has 2 rings (SSSR count). The van der Waals surface area contributed by atoms with Gasteiger partial charge in [-0.2, -0.15) is 0 Å². The van der Waals surface area contributed by atoms with Crippen LogP contribution in [0.1, 0.15) is 52.0 Å². The van der Waals surface area contributed by atoms with E-state index >= 15 is 0 Å². The van der Waals surface area contributed by atoms with Gasteiger partial charge in [0.1, 0.15) is 0 Å². The minimum atomic E-state index is -0.646. The molecule has 0 aliphatic heterocycles. The number of aliphatic imine (C=N–C) groups is 1. The number of nitrogens with zero attached hydrogens (tertiary/aromatic N) is 1. The molecular formula is C20H33IN4O. The first-order valence-electron chi connectivity index (χ1n) is 9.27. The van der Waals surface area contributed by atoms with Crippen LogP contribution < -0.4 is 16.4 Å². The predicted octanol–water partition coefficient (Wildman–Crippen LogP) is 3.18. The number of nitrogens with two attached hydrogens (primary N) is 1. The Morgan fingerprint density at radius 1 is 1.19 bits per heavy atom. The minimum absolute atomic E-state index is 0. The molecule has 0 spiro atoms. The molecule has 146 valence electrons. The quantitative estimate of drug-likeness (QED) is 0.324. The first kappa shape index (κ1) is 22.7. The summed E-state index contributed by atoms with van der Waals surface area (Å²) in [6.45, 7) is 7.69. The second-order valence-electron chi connectivity index (χ2n) is 7.65. The molecule has 6 heteroatoms. The highest BCUT2D eigenvalue weighted by atomic mass is 127. The molecule has 0 aromatic heterocycles. The number of hydrogen-bond acceptors (Lipinski definition) is 2. The normalized spacial score (nSPS) is 16.7. The van der Waals surface area contributed by atoms with Gasteiger partial charge < -0.3 is 16.4 Å². The lowest BCUT2D eigenvalue weighted by atomic mass is 9.79. The fourth-order valence-corrected chi connectivity index (χ4v) is 3.36. The summed E-state index contributed by atoms with van der Waals surface area (Å²) in [5.41, 5.74) is 6.37. The third kappa shape index (κ3) is 5.86. The van der Waals surface area contributed by atoms with Gasteiger partial charge in [-0.05, 0) is 39.2 Å². The number of nitrogens with one attached hydrogen (secondary N) is 2. The molecule has 1 aromatic carbocycles. The van der Waals surface area contributed by atoms with Gasteiger partial charge in [-0.25, -0.2) is 0 Å². The van der Waals surface area contributed by atoms with Crippen molar-refractivity contribution >= 4 is 35.8 Å². The lowest BCUT2D eigenvalue weighted by molar-refractivity contribution is -0.125. The van der Waals surface area contributed by atoms with Gasteiger partial charge >= 0.3 is 0 Å². The Morgan fingerprint density at radius 3 is 2.35 bits per heavy atom. The van der Waals surface area contributed by atoms with E-state index in [1.807, 2.05) is 20.8 Å². The van der Waals surface area contributed by atoms with Gasteiger partial charge in [0.05, 0.1) is 12.0 Å². The first-order chi connectivity index (χ1) is 11.9. The number of rotatable bonds is 7. The summed E-state index contributed by atoms with van der Waals surface area (Å²) in [4.78, 5) is 16.1. The second kappa shape index (κ2) is 10.1. The molecule has 0 atom stereocenters. The molecular weight excluding hydrogens is 439 g/mol. The second-order valence-corrected chi connectivity index (χ2v) is 7.65. The predicted molar refractivity (Wildman–Crippen MR) is 119 cm³/mol. The molecule has 4 N–H and O–H groups in total. The number of halogens is 1. The molecule has 26 heavy (non-hydrogen) atoms. The number of carbonyl (C=O) groups excluding carboxylic acids is 1. The van der Waals surface area contributed by atoms with Crippen molar-refractivity contribution in [3.05, 3.63) is 35.9 Å². The van der Waals surface area contributed by atoms with Crippen LogP contribution >= 0.6 is 24.0 Å². The van der Waals surface area contributed by atoms with Crippen LogP contribution in [0.2, 0.25) is 0 Å². The van der Waals surface area contributed by atoms with Crippen LogP contribution in [0, 0.1) is 5.41 Å². The maximum absolute atomic E-state index is 11.5. The van der Waals surface area contributed by atoms with Crippen LogP contribution in [0.15, 0.2) is 35.3 Å². The highest BCUT2D eigenvalue weighted by Crippen LogP contribution is 2.40. The summed E-state index contributed by atoms with van der Waals surface area (Å²) in [6, 6.07) is 10.8. The molecule has 0 unspecified atom stereocenters. The molecule has 1 saturated carbocycles. The largest absolute Gasteiger partial charge is 0.369 e. The molecule has 0 heterocycles. The van der Waals surface area contributed by atoms with Crippen LogP contribution in [0.4, 0.5) is 0 Å². The number of guanidine groups is 1. The van der Waals surface area contributed by atoms with Crippen LogP contribution in [0.25, 0.3) is 0 Å². The Labute approximate surface area is 174 Å². The maximum Gasteiger partial charge on any atom is 0.224 e. The molecule has 5 nitrogen and oxygen atoms in total. The SMILES string of the molecule is CCNC(=NCC(C)(C)C(N)=O)NCC1(c2ccccc2)CCCC1.I. The van der Waals surface area contributed by atoms with Crippen molar-refractivity contribution in [2.75, 3.05) is 19.6 Å². The van der Waals surface area contributed by atoms with Crippen molar-refractivity contribution in [2.45, 2.75) is 51.9 Å².